The van der Waals surface area contributed by atoms with E-state index < -0.39 is 0 Å². The molecule has 3 aromatic rings. The lowest BCUT2D eigenvalue weighted by atomic mass is 10.0. The van der Waals surface area contributed by atoms with Crippen LogP contribution in [0.15, 0.2) is 36.4 Å². The van der Waals surface area contributed by atoms with Gasteiger partial charge >= 0.3 is 5.97 Å². The lowest BCUT2D eigenvalue weighted by Crippen LogP contribution is -2.06. The molecule has 0 aliphatic carbocycles. The first-order valence-electron chi connectivity index (χ1n) is 6.39. The number of esters is 1. The number of nitrogens with one attached hydrogen (secondary N) is 1. The van der Waals surface area contributed by atoms with Crippen molar-refractivity contribution in [2.24, 2.45) is 0 Å². The average Bonchev–Trinajstić information content (AvgIpc) is 2.76. The summed E-state index contributed by atoms with van der Waals surface area (Å²) in [5.74, 6) is -0.263. The minimum absolute atomic E-state index is 0.263. The van der Waals surface area contributed by atoms with Crippen molar-refractivity contribution in [1.82, 2.24) is 4.98 Å². The van der Waals surface area contributed by atoms with E-state index in [9.17, 15) is 4.79 Å². The Balaban J connectivity index is 2.25. The van der Waals surface area contributed by atoms with Crippen molar-refractivity contribution in [3.05, 3.63) is 47.5 Å². The molecule has 0 fully saturated rings. The summed E-state index contributed by atoms with van der Waals surface area (Å²) in [6.07, 6.45) is 0. The van der Waals surface area contributed by atoms with Gasteiger partial charge in [-0.25, -0.2) is 4.79 Å². The number of para-hydroxylation sites is 1. The Morgan fingerprint density at radius 2 is 1.95 bits per heavy atom. The number of carbonyl (C=O) groups is 1. The quantitative estimate of drug-likeness (QED) is 0.706. The molecule has 2 aromatic carbocycles. The SMILES string of the molecule is CCOC(=O)c1cc2[nH]c3ccccc3c2cc1C. The highest BCUT2D eigenvalue weighted by atomic mass is 16.5. The standard InChI is InChI=1S/C16H15NO2/c1-3-19-16(18)12-9-15-13(8-10(12)2)11-6-4-5-7-14(11)17-15/h4-9,17H,3H2,1-2H3. The summed E-state index contributed by atoms with van der Waals surface area (Å²) >= 11 is 0. The van der Waals surface area contributed by atoms with Gasteiger partial charge in [-0.05, 0) is 37.6 Å². The second-order valence-corrected chi connectivity index (χ2v) is 4.60. The smallest absolute Gasteiger partial charge is 0.338 e. The van der Waals surface area contributed by atoms with Crippen LogP contribution in [0.25, 0.3) is 21.8 Å². The van der Waals surface area contributed by atoms with Gasteiger partial charge in [0.15, 0.2) is 0 Å². The molecule has 3 nitrogen and oxygen atoms in total. The third-order valence-electron chi connectivity index (χ3n) is 3.35. The summed E-state index contributed by atoms with van der Waals surface area (Å²) in [6.45, 7) is 4.14. The molecule has 19 heavy (non-hydrogen) atoms. The average molecular weight is 253 g/mol. The zero-order valence-corrected chi connectivity index (χ0v) is 11.0. The van der Waals surface area contributed by atoms with Crippen molar-refractivity contribution in [2.75, 3.05) is 6.61 Å². The van der Waals surface area contributed by atoms with E-state index in [0.717, 1.165) is 22.0 Å². The molecule has 3 heteroatoms. The molecule has 0 spiro atoms. The summed E-state index contributed by atoms with van der Waals surface area (Å²) in [5.41, 5.74) is 3.62. The maximum absolute atomic E-state index is 11.9. The van der Waals surface area contributed by atoms with Gasteiger partial charge in [-0.15, -0.1) is 0 Å². The molecule has 1 heterocycles. The van der Waals surface area contributed by atoms with E-state index in [4.69, 9.17) is 4.74 Å². The number of fused-ring (bicyclic) bond motifs is 3. The summed E-state index contributed by atoms with van der Waals surface area (Å²) in [7, 11) is 0. The number of hydrogen-bond donors (Lipinski definition) is 1. The summed E-state index contributed by atoms with van der Waals surface area (Å²) in [6, 6.07) is 12.1. The van der Waals surface area contributed by atoms with Crippen LogP contribution in [0.1, 0.15) is 22.8 Å². The molecule has 1 N–H and O–H groups in total. The first-order valence-corrected chi connectivity index (χ1v) is 6.39. The Morgan fingerprint density at radius 3 is 2.74 bits per heavy atom. The molecule has 0 saturated carbocycles. The van der Waals surface area contributed by atoms with Crippen molar-refractivity contribution in [3.63, 3.8) is 0 Å². The number of ether oxygens (including phenoxy) is 1. The van der Waals surface area contributed by atoms with E-state index in [-0.39, 0.29) is 5.97 Å². The third-order valence-corrected chi connectivity index (χ3v) is 3.35. The summed E-state index contributed by atoms with van der Waals surface area (Å²) < 4.78 is 5.08. The van der Waals surface area contributed by atoms with E-state index in [1.165, 1.54) is 5.39 Å². The molecule has 0 unspecified atom stereocenters. The van der Waals surface area contributed by atoms with Crippen LogP contribution in [0.3, 0.4) is 0 Å². The number of aromatic amines is 1. The molecule has 0 saturated heterocycles. The topological polar surface area (TPSA) is 42.1 Å². The maximum Gasteiger partial charge on any atom is 0.338 e. The zero-order valence-electron chi connectivity index (χ0n) is 11.0. The van der Waals surface area contributed by atoms with Crippen LogP contribution < -0.4 is 0 Å². The maximum atomic E-state index is 11.9. The molecule has 96 valence electrons. The predicted octanol–water partition coefficient (Wildman–Crippen LogP) is 3.81. The van der Waals surface area contributed by atoms with Crippen LogP contribution in [-0.4, -0.2) is 17.6 Å². The van der Waals surface area contributed by atoms with Crippen molar-refractivity contribution in [1.29, 1.82) is 0 Å². The Bertz CT molecular complexity index is 771. The van der Waals surface area contributed by atoms with Crippen molar-refractivity contribution >= 4 is 27.8 Å². The Morgan fingerprint density at radius 1 is 1.16 bits per heavy atom. The molecule has 0 amide bonds. The number of aryl methyl sites for hydroxylation is 1. The van der Waals surface area contributed by atoms with Gasteiger partial charge < -0.3 is 9.72 Å². The number of hydrogen-bond acceptors (Lipinski definition) is 2. The Labute approximate surface area is 111 Å². The first kappa shape index (κ1) is 11.8. The van der Waals surface area contributed by atoms with Crippen LogP contribution in [0.5, 0.6) is 0 Å². The fraction of sp³-hybridized carbons (Fsp3) is 0.188. The van der Waals surface area contributed by atoms with E-state index in [2.05, 4.69) is 11.1 Å². The molecular formula is C16H15NO2. The van der Waals surface area contributed by atoms with Gasteiger partial charge in [-0.3, -0.25) is 0 Å². The van der Waals surface area contributed by atoms with Gasteiger partial charge in [-0.2, -0.15) is 0 Å². The Hall–Kier alpha value is -2.29. The van der Waals surface area contributed by atoms with E-state index in [0.29, 0.717) is 12.2 Å². The number of rotatable bonds is 2. The predicted molar refractivity (Wildman–Crippen MR) is 76.5 cm³/mol. The molecule has 0 aliphatic heterocycles. The van der Waals surface area contributed by atoms with Crippen LogP contribution in [0.2, 0.25) is 0 Å². The molecule has 0 aliphatic rings. The second-order valence-electron chi connectivity index (χ2n) is 4.60. The molecule has 0 bridgehead atoms. The monoisotopic (exact) mass is 253 g/mol. The highest BCUT2D eigenvalue weighted by molar-refractivity contribution is 6.09. The molecular weight excluding hydrogens is 238 g/mol. The van der Waals surface area contributed by atoms with E-state index >= 15 is 0 Å². The molecule has 0 radical (unpaired) electrons. The van der Waals surface area contributed by atoms with Gasteiger partial charge in [0.05, 0.1) is 12.2 Å². The second kappa shape index (κ2) is 4.43. The van der Waals surface area contributed by atoms with Crippen LogP contribution >= 0.6 is 0 Å². The fourth-order valence-electron chi connectivity index (χ4n) is 2.44. The molecule has 0 atom stereocenters. The van der Waals surface area contributed by atoms with Crippen LogP contribution in [-0.2, 0) is 4.74 Å². The summed E-state index contributed by atoms with van der Waals surface area (Å²) in [5, 5.41) is 2.32. The minimum atomic E-state index is -0.263. The number of benzene rings is 2. The Kier molecular flexibility index (Phi) is 2.75. The van der Waals surface area contributed by atoms with Crippen LogP contribution in [0, 0.1) is 6.92 Å². The largest absolute Gasteiger partial charge is 0.462 e. The lowest BCUT2D eigenvalue weighted by molar-refractivity contribution is 0.0525. The normalized spacial score (nSPS) is 11.1. The summed E-state index contributed by atoms with van der Waals surface area (Å²) in [4.78, 5) is 15.2. The van der Waals surface area contributed by atoms with Crippen molar-refractivity contribution in [3.8, 4) is 0 Å². The van der Waals surface area contributed by atoms with Crippen LogP contribution in [0.4, 0.5) is 0 Å². The van der Waals surface area contributed by atoms with Gasteiger partial charge in [0.2, 0.25) is 0 Å². The highest BCUT2D eigenvalue weighted by Crippen LogP contribution is 2.28. The van der Waals surface area contributed by atoms with Gasteiger partial charge in [-0.1, -0.05) is 18.2 Å². The van der Waals surface area contributed by atoms with Crippen molar-refractivity contribution < 1.29 is 9.53 Å². The molecule has 3 rings (SSSR count). The van der Waals surface area contributed by atoms with Gasteiger partial charge in [0.25, 0.3) is 0 Å². The number of aromatic nitrogens is 1. The zero-order chi connectivity index (χ0) is 13.4. The fourth-order valence-corrected chi connectivity index (χ4v) is 2.44. The highest BCUT2D eigenvalue weighted by Gasteiger charge is 2.13. The van der Waals surface area contributed by atoms with Gasteiger partial charge in [0.1, 0.15) is 0 Å². The number of carbonyl (C=O) groups excluding carboxylic acids is 1. The van der Waals surface area contributed by atoms with E-state index in [1.807, 2.05) is 44.2 Å². The first-order chi connectivity index (χ1) is 9.20. The third kappa shape index (κ3) is 1.87. The minimum Gasteiger partial charge on any atom is -0.462 e. The number of H-pyrrole nitrogens is 1. The van der Waals surface area contributed by atoms with E-state index in [1.54, 1.807) is 0 Å². The van der Waals surface area contributed by atoms with Crippen molar-refractivity contribution in [2.45, 2.75) is 13.8 Å². The van der Waals surface area contributed by atoms with Gasteiger partial charge in [0, 0.05) is 21.8 Å². The lowest BCUT2D eigenvalue weighted by Gasteiger charge is -2.05. The molecule has 1 aromatic heterocycles.